The normalized spacial score (nSPS) is 20.5. The molecule has 0 amide bonds. The zero-order valence-corrected chi connectivity index (χ0v) is 17.0. The second-order valence-corrected chi connectivity index (χ2v) is 7.90. The number of hydrogen-bond donors (Lipinski definition) is 0. The third-order valence-corrected chi connectivity index (χ3v) is 6.10. The highest BCUT2D eigenvalue weighted by Gasteiger charge is 2.41. The Bertz CT molecular complexity index is 827. The van der Waals surface area contributed by atoms with E-state index in [1.54, 1.807) is 0 Å². The molecule has 0 unspecified atom stereocenters. The Balaban J connectivity index is 1.72. The van der Waals surface area contributed by atoms with Crippen LogP contribution in [0.25, 0.3) is 10.8 Å². The molecule has 0 aromatic heterocycles. The van der Waals surface area contributed by atoms with Gasteiger partial charge in [-0.2, -0.15) is 13.2 Å². The molecule has 0 heterocycles. The highest BCUT2D eigenvalue weighted by Crippen LogP contribution is 2.39. The van der Waals surface area contributed by atoms with Gasteiger partial charge in [0.1, 0.15) is 5.75 Å². The van der Waals surface area contributed by atoms with Crippen LogP contribution >= 0.6 is 22.6 Å². The van der Waals surface area contributed by atoms with Gasteiger partial charge in [0.15, 0.2) is 0 Å². The molecular formula is C20H20F3IO3. The Morgan fingerprint density at radius 1 is 1.15 bits per heavy atom. The molecule has 0 saturated heterocycles. The monoisotopic (exact) mass is 492 g/mol. The lowest BCUT2D eigenvalue weighted by Gasteiger charge is -2.30. The second-order valence-electron chi connectivity index (χ2n) is 6.82. The van der Waals surface area contributed by atoms with Crippen LogP contribution in [0.5, 0.6) is 5.75 Å². The first-order valence-electron chi connectivity index (χ1n) is 8.79. The quantitative estimate of drug-likeness (QED) is 0.408. The molecule has 0 N–H and O–H groups in total. The fourth-order valence-electron chi connectivity index (χ4n) is 3.45. The van der Waals surface area contributed by atoms with Crippen LogP contribution in [0, 0.1) is 9.49 Å². The van der Waals surface area contributed by atoms with E-state index in [0.29, 0.717) is 18.6 Å². The average molecular weight is 492 g/mol. The summed E-state index contributed by atoms with van der Waals surface area (Å²) < 4.78 is 50.0. The molecule has 7 heteroatoms. The van der Waals surface area contributed by atoms with Crippen molar-refractivity contribution in [1.82, 2.24) is 0 Å². The van der Waals surface area contributed by atoms with Gasteiger partial charge in [0, 0.05) is 0 Å². The van der Waals surface area contributed by atoms with Crippen LogP contribution in [0.2, 0.25) is 0 Å². The van der Waals surface area contributed by atoms with Gasteiger partial charge in [0.25, 0.3) is 0 Å². The van der Waals surface area contributed by atoms with Crippen LogP contribution in [-0.4, -0.2) is 25.4 Å². The molecule has 27 heavy (non-hydrogen) atoms. The minimum absolute atomic E-state index is 0.120. The van der Waals surface area contributed by atoms with Crippen LogP contribution in [-0.2, 0) is 16.0 Å². The number of fused-ring (bicyclic) bond motifs is 1. The lowest BCUT2D eigenvalue weighted by molar-refractivity contribution is -0.185. The Labute approximate surface area is 169 Å². The van der Waals surface area contributed by atoms with Gasteiger partial charge in [0.2, 0.25) is 0 Å². The Morgan fingerprint density at radius 3 is 2.48 bits per heavy atom. The molecule has 1 fully saturated rings. The van der Waals surface area contributed by atoms with E-state index in [9.17, 15) is 18.0 Å². The third kappa shape index (κ3) is 4.86. The number of benzene rings is 2. The van der Waals surface area contributed by atoms with E-state index in [0.717, 1.165) is 19.9 Å². The van der Waals surface area contributed by atoms with Gasteiger partial charge in [-0.25, -0.2) is 0 Å². The first kappa shape index (κ1) is 20.2. The number of ether oxygens (including phenoxy) is 2. The Hall–Kier alpha value is -1.51. The number of rotatable bonds is 4. The maximum atomic E-state index is 12.8. The van der Waals surface area contributed by atoms with Gasteiger partial charge in [-0.15, -0.1) is 0 Å². The maximum absolute atomic E-state index is 12.8. The van der Waals surface area contributed by atoms with Gasteiger partial charge in [0.05, 0.1) is 29.1 Å². The highest BCUT2D eigenvalue weighted by molar-refractivity contribution is 14.1. The van der Waals surface area contributed by atoms with Crippen LogP contribution in [0.3, 0.4) is 0 Å². The maximum Gasteiger partial charge on any atom is 0.391 e. The number of carbonyl (C=O) groups is 1. The summed E-state index contributed by atoms with van der Waals surface area (Å²) >= 11 is 2.20. The SMILES string of the molecule is COC(=O)Cc1ccc2c(I)c(O[C@H]3CC[C@@H](C(F)(F)F)CC3)ccc2c1. The van der Waals surface area contributed by atoms with Crippen molar-refractivity contribution in [3.8, 4) is 5.75 Å². The molecule has 2 aromatic rings. The first-order chi connectivity index (χ1) is 12.8. The molecule has 0 aliphatic heterocycles. The molecule has 1 aliphatic carbocycles. The lowest BCUT2D eigenvalue weighted by Crippen LogP contribution is -2.32. The smallest absolute Gasteiger partial charge is 0.391 e. The molecule has 2 aromatic carbocycles. The van der Waals surface area contributed by atoms with Crippen LogP contribution in [0.1, 0.15) is 31.2 Å². The predicted octanol–water partition coefficient (Wildman–Crippen LogP) is 5.66. The largest absolute Gasteiger partial charge is 0.489 e. The summed E-state index contributed by atoms with van der Waals surface area (Å²) in [6.07, 6.45) is -3.02. The molecule has 3 rings (SSSR count). The minimum atomic E-state index is -4.11. The van der Waals surface area contributed by atoms with E-state index < -0.39 is 12.1 Å². The fraction of sp³-hybridized carbons (Fsp3) is 0.450. The van der Waals surface area contributed by atoms with Crippen molar-refractivity contribution < 1.29 is 27.4 Å². The number of alkyl halides is 3. The lowest BCUT2D eigenvalue weighted by atomic mass is 9.87. The van der Waals surface area contributed by atoms with Crippen LogP contribution < -0.4 is 4.74 Å². The van der Waals surface area contributed by atoms with Crippen molar-refractivity contribution >= 4 is 39.3 Å². The van der Waals surface area contributed by atoms with Crippen molar-refractivity contribution in [3.63, 3.8) is 0 Å². The summed E-state index contributed by atoms with van der Waals surface area (Å²) in [5.74, 6) is -0.806. The van der Waals surface area contributed by atoms with Crippen molar-refractivity contribution in [3.05, 3.63) is 39.5 Å². The predicted molar refractivity (Wildman–Crippen MR) is 105 cm³/mol. The Morgan fingerprint density at radius 2 is 1.85 bits per heavy atom. The summed E-state index contributed by atoms with van der Waals surface area (Å²) in [6.45, 7) is 0. The van der Waals surface area contributed by atoms with Crippen LogP contribution in [0.4, 0.5) is 13.2 Å². The summed E-state index contributed by atoms with van der Waals surface area (Å²) in [7, 11) is 1.36. The van der Waals surface area contributed by atoms with E-state index in [2.05, 4.69) is 22.6 Å². The number of halogens is 4. The summed E-state index contributed by atoms with van der Waals surface area (Å²) in [6, 6.07) is 9.51. The molecule has 1 saturated carbocycles. The molecular weight excluding hydrogens is 472 g/mol. The molecule has 146 valence electrons. The van der Waals surface area contributed by atoms with E-state index in [4.69, 9.17) is 9.47 Å². The molecule has 0 spiro atoms. The summed E-state index contributed by atoms with van der Waals surface area (Å²) in [5.41, 5.74) is 0.865. The van der Waals surface area contributed by atoms with Crippen molar-refractivity contribution in [1.29, 1.82) is 0 Å². The average Bonchev–Trinajstić information content (AvgIpc) is 2.63. The highest BCUT2D eigenvalue weighted by atomic mass is 127. The van der Waals surface area contributed by atoms with Gasteiger partial charge in [-0.05, 0) is 70.7 Å². The molecule has 0 radical (unpaired) electrons. The van der Waals surface area contributed by atoms with Crippen molar-refractivity contribution in [2.24, 2.45) is 5.92 Å². The van der Waals surface area contributed by atoms with Crippen molar-refractivity contribution in [2.45, 2.75) is 44.4 Å². The zero-order valence-electron chi connectivity index (χ0n) is 14.8. The van der Waals surface area contributed by atoms with E-state index in [1.807, 2.05) is 30.3 Å². The van der Waals surface area contributed by atoms with E-state index in [-0.39, 0.29) is 31.3 Å². The van der Waals surface area contributed by atoms with Gasteiger partial charge < -0.3 is 9.47 Å². The molecule has 1 aliphatic rings. The van der Waals surface area contributed by atoms with Gasteiger partial charge in [-0.3, -0.25) is 4.79 Å². The van der Waals surface area contributed by atoms with Gasteiger partial charge in [-0.1, -0.05) is 24.3 Å². The molecule has 3 nitrogen and oxygen atoms in total. The minimum Gasteiger partial charge on any atom is -0.489 e. The number of esters is 1. The molecule has 0 bridgehead atoms. The zero-order chi connectivity index (χ0) is 19.6. The number of hydrogen-bond acceptors (Lipinski definition) is 3. The topological polar surface area (TPSA) is 35.5 Å². The Kier molecular flexibility index (Phi) is 6.18. The fourth-order valence-corrected chi connectivity index (χ4v) is 4.25. The summed E-state index contributed by atoms with van der Waals surface area (Å²) in [4.78, 5) is 11.4. The van der Waals surface area contributed by atoms with E-state index >= 15 is 0 Å². The second kappa shape index (κ2) is 8.24. The standard InChI is InChI=1S/C20H20F3IO3/c1-26-18(25)11-12-2-8-16-13(10-12)3-9-17(19(16)24)27-15-6-4-14(5-7-15)20(21,22)23/h2-3,8-10,14-15H,4-7,11H2,1H3/t14-,15+. The molecule has 0 atom stereocenters. The summed E-state index contributed by atoms with van der Waals surface area (Å²) in [5, 5.41) is 1.97. The van der Waals surface area contributed by atoms with Gasteiger partial charge >= 0.3 is 12.1 Å². The number of carbonyl (C=O) groups excluding carboxylic acids is 1. The van der Waals surface area contributed by atoms with E-state index in [1.165, 1.54) is 7.11 Å². The third-order valence-electron chi connectivity index (χ3n) is 4.99. The first-order valence-corrected chi connectivity index (χ1v) is 9.87. The van der Waals surface area contributed by atoms with Crippen LogP contribution in [0.15, 0.2) is 30.3 Å². The number of methoxy groups -OCH3 is 1. The van der Waals surface area contributed by atoms with Crippen molar-refractivity contribution in [2.75, 3.05) is 7.11 Å².